The standard InChI is InChI=1S/C16H24ClN5O3/c1-6-24-11(23)9-18-13-19-12(17)20-14(21-13)25-10-7-15(2,3)22-16(4,5)8-10/h9-10,22H,6-8H2,1-5H3. The van der Waals surface area contributed by atoms with Crippen LogP contribution >= 0.6 is 11.6 Å². The van der Waals surface area contributed by atoms with E-state index in [1.807, 2.05) is 0 Å². The summed E-state index contributed by atoms with van der Waals surface area (Å²) in [4.78, 5) is 27.1. The number of carbonyl (C=O) groups is 1. The van der Waals surface area contributed by atoms with Gasteiger partial charge in [0.25, 0.3) is 5.95 Å². The van der Waals surface area contributed by atoms with E-state index in [1.165, 1.54) is 0 Å². The summed E-state index contributed by atoms with van der Waals surface area (Å²) in [6.45, 7) is 10.5. The van der Waals surface area contributed by atoms with Gasteiger partial charge in [-0.3, -0.25) is 0 Å². The van der Waals surface area contributed by atoms with Crippen LogP contribution in [0.1, 0.15) is 47.5 Å². The first-order valence-electron chi connectivity index (χ1n) is 8.17. The minimum atomic E-state index is -0.580. The van der Waals surface area contributed by atoms with E-state index < -0.39 is 5.97 Å². The molecule has 0 saturated carbocycles. The molecule has 1 N–H and O–H groups in total. The van der Waals surface area contributed by atoms with Gasteiger partial charge in [0, 0.05) is 23.9 Å². The lowest BCUT2D eigenvalue weighted by molar-refractivity contribution is -0.134. The van der Waals surface area contributed by atoms with E-state index in [-0.39, 0.29) is 41.0 Å². The summed E-state index contributed by atoms with van der Waals surface area (Å²) in [5.41, 5.74) is -0.151. The van der Waals surface area contributed by atoms with Crippen LogP contribution < -0.4 is 10.1 Å². The van der Waals surface area contributed by atoms with Crippen LogP contribution in [0.3, 0.4) is 0 Å². The molecule has 1 saturated heterocycles. The van der Waals surface area contributed by atoms with E-state index in [0.717, 1.165) is 19.1 Å². The van der Waals surface area contributed by atoms with Crippen LogP contribution in [0.5, 0.6) is 6.01 Å². The minimum absolute atomic E-state index is 0.00416. The average molecular weight is 370 g/mol. The Labute approximate surface area is 152 Å². The van der Waals surface area contributed by atoms with Crippen LogP contribution in [-0.2, 0) is 9.53 Å². The number of rotatable bonds is 5. The predicted octanol–water partition coefficient (Wildman–Crippen LogP) is 2.48. The Hall–Kier alpha value is -1.80. The van der Waals surface area contributed by atoms with Crippen molar-refractivity contribution in [1.29, 1.82) is 0 Å². The fourth-order valence-electron chi connectivity index (χ4n) is 3.18. The van der Waals surface area contributed by atoms with Crippen LogP contribution in [0, 0.1) is 0 Å². The van der Waals surface area contributed by atoms with Crippen LogP contribution in [0.15, 0.2) is 4.99 Å². The predicted molar refractivity (Wildman–Crippen MR) is 94.6 cm³/mol. The first-order chi connectivity index (χ1) is 11.6. The number of piperidine rings is 1. The Balaban J connectivity index is 2.13. The van der Waals surface area contributed by atoms with Gasteiger partial charge >= 0.3 is 12.0 Å². The lowest BCUT2D eigenvalue weighted by Gasteiger charge is -2.45. The molecule has 0 aromatic carbocycles. The highest BCUT2D eigenvalue weighted by Gasteiger charge is 2.39. The largest absolute Gasteiger partial charge is 0.462 e. The maximum Gasteiger partial charge on any atom is 0.349 e. The Morgan fingerprint density at radius 3 is 2.52 bits per heavy atom. The topological polar surface area (TPSA) is 98.6 Å². The third-order valence-electron chi connectivity index (χ3n) is 3.57. The fraction of sp³-hybridized carbons (Fsp3) is 0.688. The molecule has 0 amide bonds. The molecule has 1 aromatic rings. The number of halogens is 1. The minimum Gasteiger partial charge on any atom is -0.462 e. The molecule has 0 unspecified atom stereocenters. The van der Waals surface area contributed by atoms with Gasteiger partial charge in [0.05, 0.1) is 6.61 Å². The van der Waals surface area contributed by atoms with E-state index in [9.17, 15) is 4.79 Å². The number of aliphatic imine (C=N–C) groups is 1. The van der Waals surface area contributed by atoms with Gasteiger partial charge in [0.1, 0.15) is 12.3 Å². The van der Waals surface area contributed by atoms with E-state index in [1.54, 1.807) is 6.92 Å². The van der Waals surface area contributed by atoms with Gasteiger partial charge in [0.15, 0.2) is 0 Å². The number of ether oxygens (including phenoxy) is 2. The fourth-order valence-corrected chi connectivity index (χ4v) is 3.33. The van der Waals surface area contributed by atoms with Crippen LogP contribution in [0.25, 0.3) is 0 Å². The summed E-state index contributed by atoms with van der Waals surface area (Å²) in [5.74, 6) is -0.584. The molecule has 0 atom stereocenters. The first-order valence-corrected chi connectivity index (χ1v) is 8.55. The summed E-state index contributed by atoms with van der Waals surface area (Å²) in [6, 6.07) is 0.0921. The quantitative estimate of drug-likeness (QED) is 0.628. The number of carbonyl (C=O) groups excluding carboxylic acids is 1. The second kappa shape index (κ2) is 7.61. The molecule has 0 aliphatic carbocycles. The van der Waals surface area contributed by atoms with Crippen LogP contribution in [0.2, 0.25) is 5.28 Å². The van der Waals surface area contributed by atoms with Crippen molar-refractivity contribution in [3.63, 3.8) is 0 Å². The van der Waals surface area contributed by atoms with Crippen molar-refractivity contribution >= 4 is 29.7 Å². The molecule has 2 rings (SSSR count). The van der Waals surface area contributed by atoms with Crippen molar-refractivity contribution in [1.82, 2.24) is 20.3 Å². The highest BCUT2D eigenvalue weighted by atomic mass is 35.5. The Morgan fingerprint density at radius 2 is 1.92 bits per heavy atom. The Bertz CT molecular complexity index is 647. The van der Waals surface area contributed by atoms with Gasteiger partial charge in [-0.1, -0.05) is 0 Å². The highest BCUT2D eigenvalue weighted by Crippen LogP contribution is 2.30. The molecule has 8 nitrogen and oxygen atoms in total. The first kappa shape index (κ1) is 19.5. The Morgan fingerprint density at radius 1 is 1.28 bits per heavy atom. The van der Waals surface area contributed by atoms with Crippen molar-refractivity contribution in [3.8, 4) is 6.01 Å². The smallest absolute Gasteiger partial charge is 0.349 e. The highest BCUT2D eigenvalue weighted by molar-refractivity contribution is 6.28. The monoisotopic (exact) mass is 369 g/mol. The lowest BCUT2D eigenvalue weighted by atomic mass is 9.81. The van der Waals surface area contributed by atoms with E-state index in [0.29, 0.717) is 0 Å². The molecule has 138 valence electrons. The zero-order chi connectivity index (χ0) is 18.7. The zero-order valence-electron chi connectivity index (χ0n) is 15.2. The lowest BCUT2D eigenvalue weighted by Crippen LogP contribution is -2.60. The summed E-state index contributed by atoms with van der Waals surface area (Å²) in [7, 11) is 0. The summed E-state index contributed by atoms with van der Waals surface area (Å²) < 4.78 is 10.7. The van der Waals surface area contributed by atoms with Crippen molar-refractivity contribution in [2.75, 3.05) is 6.61 Å². The number of hydrogen-bond acceptors (Lipinski definition) is 8. The van der Waals surface area contributed by atoms with Crippen LogP contribution in [-0.4, -0.2) is 50.9 Å². The third-order valence-corrected chi connectivity index (χ3v) is 3.74. The van der Waals surface area contributed by atoms with Gasteiger partial charge in [-0.2, -0.15) is 15.0 Å². The molecule has 25 heavy (non-hydrogen) atoms. The molecule has 1 aromatic heterocycles. The van der Waals surface area contributed by atoms with E-state index in [2.05, 4.69) is 53.0 Å². The maximum atomic E-state index is 11.3. The van der Waals surface area contributed by atoms with Gasteiger partial charge in [-0.25, -0.2) is 9.79 Å². The zero-order valence-corrected chi connectivity index (χ0v) is 15.9. The second-order valence-corrected chi connectivity index (χ2v) is 7.58. The van der Waals surface area contributed by atoms with Gasteiger partial charge in [0.2, 0.25) is 5.28 Å². The SMILES string of the molecule is CCOC(=O)C=Nc1nc(Cl)nc(OC2CC(C)(C)NC(C)(C)C2)n1. The molecule has 1 aliphatic rings. The molecular formula is C16H24ClN5O3. The number of hydrogen-bond donors (Lipinski definition) is 1. The molecule has 1 fully saturated rings. The van der Waals surface area contributed by atoms with E-state index in [4.69, 9.17) is 21.1 Å². The van der Waals surface area contributed by atoms with Gasteiger partial charge < -0.3 is 14.8 Å². The van der Waals surface area contributed by atoms with Crippen LogP contribution in [0.4, 0.5) is 5.95 Å². The van der Waals surface area contributed by atoms with Crippen molar-refractivity contribution < 1.29 is 14.3 Å². The van der Waals surface area contributed by atoms with Gasteiger partial charge in [-0.05, 0) is 46.2 Å². The third kappa shape index (κ3) is 6.21. The number of nitrogens with zero attached hydrogens (tertiary/aromatic N) is 4. The second-order valence-electron chi connectivity index (χ2n) is 7.24. The normalized spacial score (nSPS) is 19.8. The average Bonchev–Trinajstić information content (AvgIpc) is 2.41. The molecule has 0 radical (unpaired) electrons. The summed E-state index contributed by atoms with van der Waals surface area (Å²) >= 11 is 5.91. The van der Waals surface area contributed by atoms with Crippen molar-refractivity contribution in [3.05, 3.63) is 5.28 Å². The molecule has 0 bridgehead atoms. The molecule has 2 heterocycles. The van der Waals surface area contributed by atoms with Crippen molar-refractivity contribution in [2.45, 2.75) is 64.6 Å². The maximum absolute atomic E-state index is 11.3. The van der Waals surface area contributed by atoms with E-state index >= 15 is 0 Å². The molecule has 1 aliphatic heterocycles. The molecule has 9 heteroatoms. The van der Waals surface area contributed by atoms with Gasteiger partial charge in [-0.15, -0.1) is 0 Å². The number of esters is 1. The number of nitrogens with one attached hydrogen (secondary N) is 1. The molecular weight excluding hydrogens is 346 g/mol. The summed E-state index contributed by atoms with van der Waals surface area (Å²) in [5, 5.41) is 3.53. The molecule has 0 spiro atoms. The van der Waals surface area contributed by atoms with Crippen molar-refractivity contribution in [2.24, 2.45) is 4.99 Å². The summed E-state index contributed by atoms with van der Waals surface area (Å²) in [6.07, 6.45) is 2.50. The number of aromatic nitrogens is 3. The Kier molecular flexibility index (Phi) is 5.95.